The van der Waals surface area contributed by atoms with Gasteiger partial charge in [-0.3, -0.25) is 0 Å². The van der Waals surface area contributed by atoms with Crippen LogP contribution in [0.15, 0.2) is 91.0 Å². The standard InChI is InChI=1S/C30H26/c1-3-12-25-21(7-1)9-5-10-22(25)15-16-24-11-6-14-28-27(24)19-20-29-26-13-4-2-8-23(26)17-18-30(28)29/h1-5,7-10,12-13,17-20,24H,6,11,14-16H2. The van der Waals surface area contributed by atoms with Gasteiger partial charge in [0.15, 0.2) is 0 Å². The lowest BCUT2D eigenvalue weighted by atomic mass is 9.77. The maximum atomic E-state index is 2.44. The molecule has 0 heterocycles. The van der Waals surface area contributed by atoms with Crippen LogP contribution in [0.3, 0.4) is 0 Å². The molecule has 0 spiro atoms. The van der Waals surface area contributed by atoms with Gasteiger partial charge in [0.25, 0.3) is 0 Å². The van der Waals surface area contributed by atoms with Gasteiger partial charge in [-0.1, -0.05) is 91.0 Å². The summed E-state index contributed by atoms with van der Waals surface area (Å²) in [5.41, 5.74) is 4.70. The van der Waals surface area contributed by atoms with Crippen LogP contribution >= 0.6 is 0 Å². The normalized spacial score (nSPS) is 16.2. The molecule has 0 N–H and O–H groups in total. The highest BCUT2D eigenvalue weighted by Gasteiger charge is 2.22. The number of rotatable bonds is 3. The van der Waals surface area contributed by atoms with Gasteiger partial charge in [-0.15, -0.1) is 0 Å². The van der Waals surface area contributed by atoms with Crippen molar-refractivity contribution in [3.8, 4) is 0 Å². The highest BCUT2D eigenvalue weighted by molar-refractivity contribution is 6.08. The average molecular weight is 387 g/mol. The van der Waals surface area contributed by atoms with Crippen LogP contribution in [0.5, 0.6) is 0 Å². The summed E-state index contributed by atoms with van der Waals surface area (Å²) < 4.78 is 0. The third-order valence-electron chi connectivity index (χ3n) is 7.14. The van der Waals surface area contributed by atoms with Gasteiger partial charge in [-0.2, -0.15) is 0 Å². The van der Waals surface area contributed by atoms with Gasteiger partial charge < -0.3 is 0 Å². The van der Waals surface area contributed by atoms with Gasteiger partial charge in [0, 0.05) is 0 Å². The Balaban J connectivity index is 1.37. The predicted molar refractivity (Wildman–Crippen MR) is 129 cm³/mol. The van der Waals surface area contributed by atoms with Crippen molar-refractivity contribution in [1.82, 2.24) is 0 Å². The van der Waals surface area contributed by atoms with Crippen LogP contribution in [-0.4, -0.2) is 0 Å². The zero-order chi connectivity index (χ0) is 19.9. The molecule has 6 rings (SSSR count). The molecule has 0 saturated heterocycles. The van der Waals surface area contributed by atoms with E-state index in [1.54, 1.807) is 11.1 Å². The molecule has 0 saturated carbocycles. The Hall–Kier alpha value is -3.12. The minimum Gasteiger partial charge on any atom is -0.0616 e. The van der Waals surface area contributed by atoms with Crippen LogP contribution in [-0.2, 0) is 12.8 Å². The van der Waals surface area contributed by atoms with Crippen LogP contribution in [0.25, 0.3) is 32.3 Å². The summed E-state index contributed by atoms with van der Waals surface area (Å²) in [5, 5.41) is 8.39. The topological polar surface area (TPSA) is 0 Å². The molecule has 146 valence electrons. The fourth-order valence-electron chi connectivity index (χ4n) is 5.65. The lowest BCUT2D eigenvalue weighted by Crippen LogP contribution is -2.11. The molecule has 0 nitrogen and oxygen atoms in total. The third-order valence-corrected chi connectivity index (χ3v) is 7.14. The van der Waals surface area contributed by atoms with Crippen LogP contribution < -0.4 is 0 Å². The Kier molecular flexibility index (Phi) is 4.30. The molecule has 1 atom stereocenters. The predicted octanol–water partition coefficient (Wildman–Crippen LogP) is 8.20. The molecule has 0 amide bonds. The minimum atomic E-state index is 0.670. The Morgan fingerprint density at radius 1 is 0.600 bits per heavy atom. The SMILES string of the molecule is c1ccc2c(CCC3CCCc4c3ccc3c4ccc4ccccc43)cccc2c1. The van der Waals surface area contributed by atoms with Gasteiger partial charge in [0.05, 0.1) is 0 Å². The number of fused-ring (bicyclic) bond motifs is 6. The summed E-state index contributed by atoms with van der Waals surface area (Å²) in [5.74, 6) is 0.670. The van der Waals surface area contributed by atoms with Gasteiger partial charge in [0.2, 0.25) is 0 Å². The molecule has 1 aliphatic carbocycles. The van der Waals surface area contributed by atoms with Gasteiger partial charge in [-0.25, -0.2) is 0 Å². The zero-order valence-electron chi connectivity index (χ0n) is 17.3. The molecular weight excluding hydrogens is 360 g/mol. The second-order valence-electron chi connectivity index (χ2n) is 8.78. The Morgan fingerprint density at radius 3 is 2.23 bits per heavy atom. The van der Waals surface area contributed by atoms with Crippen molar-refractivity contribution in [2.24, 2.45) is 0 Å². The molecule has 1 aliphatic rings. The summed E-state index contributed by atoms with van der Waals surface area (Å²) in [7, 11) is 0. The highest BCUT2D eigenvalue weighted by atomic mass is 14.3. The highest BCUT2D eigenvalue weighted by Crippen LogP contribution is 2.40. The van der Waals surface area contributed by atoms with Crippen molar-refractivity contribution >= 4 is 32.3 Å². The quantitative estimate of drug-likeness (QED) is 0.274. The molecule has 0 heteroatoms. The van der Waals surface area contributed by atoms with Gasteiger partial charge >= 0.3 is 0 Å². The maximum absolute atomic E-state index is 2.44. The fraction of sp³-hybridized carbons (Fsp3) is 0.200. The van der Waals surface area contributed by atoms with E-state index in [0.29, 0.717) is 5.92 Å². The Morgan fingerprint density at radius 2 is 1.33 bits per heavy atom. The van der Waals surface area contributed by atoms with E-state index >= 15 is 0 Å². The van der Waals surface area contributed by atoms with Crippen LogP contribution in [0.4, 0.5) is 0 Å². The van der Waals surface area contributed by atoms with Gasteiger partial charge in [-0.05, 0) is 87.0 Å². The number of aryl methyl sites for hydroxylation is 2. The number of hydrogen-bond acceptors (Lipinski definition) is 0. The molecule has 30 heavy (non-hydrogen) atoms. The van der Waals surface area contributed by atoms with Crippen molar-refractivity contribution in [3.63, 3.8) is 0 Å². The first kappa shape index (κ1) is 17.7. The van der Waals surface area contributed by atoms with Crippen LogP contribution in [0.2, 0.25) is 0 Å². The van der Waals surface area contributed by atoms with E-state index in [1.165, 1.54) is 63.6 Å². The first-order chi connectivity index (χ1) is 14.9. The molecule has 0 aliphatic heterocycles. The van der Waals surface area contributed by atoms with Crippen molar-refractivity contribution in [3.05, 3.63) is 108 Å². The smallest absolute Gasteiger partial charge is 0.0102 e. The van der Waals surface area contributed by atoms with E-state index in [-0.39, 0.29) is 0 Å². The average Bonchev–Trinajstić information content (AvgIpc) is 2.82. The Bertz CT molecular complexity index is 1370. The summed E-state index contributed by atoms with van der Waals surface area (Å²) in [4.78, 5) is 0. The number of benzene rings is 5. The van der Waals surface area contributed by atoms with E-state index in [4.69, 9.17) is 0 Å². The van der Waals surface area contributed by atoms with E-state index in [0.717, 1.165) is 6.42 Å². The summed E-state index contributed by atoms with van der Waals surface area (Å²) in [6.45, 7) is 0. The van der Waals surface area contributed by atoms with E-state index in [2.05, 4.69) is 91.0 Å². The molecular formula is C30H26. The molecule has 0 radical (unpaired) electrons. The fourth-order valence-corrected chi connectivity index (χ4v) is 5.65. The first-order valence-corrected chi connectivity index (χ1v) is 11.3. The molecule has 5 aromatic carbocycles. The van der Waals surface area contributed by atoms with E-state index < -0.39 is 0 Å². The zero-order valence-corrected chi connectivity index (χ0v) is 17.3. The second kappa shape index (κ2) is 7.29. The summed E-state index contributed by atoms with van der Waals surface area (Å²) >= 11 is 0. The second-order valence-corrected chi connectivity index (χ2v) is 8.78. The van der Waals surface area contributed by atoms with E-state index in [9.17, 15) is 0 Å². The van der Waals surface area contributed by atoms with Gasteiger partial charge in [0.1, 0.15) is 0 Å². The third kappa shape index (κ3) is 2.91. The maximum Gasteiger partial charge on any atom is -0.0102 e. The van der Waals surface area contributed by atoms with Crippen molar-refractivity contribution in [1.29, 1.82) is 0 Å². The lowest BCUT2D eigenvalue weighted by molar-refractivity contribution is 0.523. The van der Waals surface area contributed by atoms with Crippen LogP contribution in [0.1, 0.15) is 41.9 Å². The lowest BCUT2D eigenvalue weighted by Gasteiger charge is -2.27. The molecule has 0 fully saturated rings. The van der Waals surface area contributed by atoms with E-state index in [1.807, 2.05) is 0 Å². The van der Waals surface area contributed by atoms with Crippen molar-refractivity contribution in [2.75, 3.05) is 0 Å². The molecule has 5 aromatic rings. The first-order valence-electron chi connectivity index (χ1n) is 11.3. The minimum absolute atomic E-state index is 0.670. The summed E-state index contributed by atoms with van der Waals surface area (Å²) in [6.07, 6.45) is 6.23. The van der Waals surface area contributed by atoms with Crippen LogP contribution in [0, 0.1) is 0 Å². The molecule has 0 aromatic heterocycles. The Labute approximate surface area is 178 Å². The molecule has 0 bridgehead atoms. The van der Waals surface area contributed by atoms with Crippen molar-refractivity contribution in [2.45, 2.75) is 38.0 Å². The van der Waals surface area contributed by atoms with Crippen molar-refractivity contribution < 1.29 is 0 Å². The largest absolute Gasteiger partial charge is 0.0616 e. The summed E-state index contributed by atoms with van der Waals surface area (Å²) in [6, 6.07) is 33.8. The monoisotopic (exact) mass is 386 g/mol. The molecule has 1 unspecified atom stereocenters. The number of hydrogen-bond donors (Lipinski definition) is 0.